The zero-order chi connectivity index (χ0) is 7.82. The predicted molar refractivity (Wildman–Crippen MR) is 39.0 cm³/mol. The van der Waals surface area contributed by atoms with Crippen molar-refractivity contribution in [3.8, 4) is 0 Å². The van der Waals surface area contributed by atoms with Crippen LogP contribution in [0.4, 0.5) is 4.79 Å². The summed E-state index contributed by atoms with van der Waals surface area (Å²) < 4.78 is 4.37. The van der Waals surface area contributed by atoms with Crippen molar-refractivity contribution in [1.29, 1.82) is 0 Å². The van der Waals surface area contributed by atoms with Crippen LogP contribution in [0.2, 0.25) is 0 Å². The maximum atomic E-state index is 9.89. The fraction of sp³-hybridized carbons (Fsp3) is 0.833. The number of alkyl halides is 1. The summed E-state index contributed by atoms with van der Waals surface area (Å²) in [5, 5.41) is 0. The molecule has 59 valence electrons. The molecule has 10 heavy (non-hydrogen) atoms. The van der Waals surface area contributed by atoms with Crippen LogP contribution in [0.5, 0.6) is 0 Å². The Kier molecular flexibility index (Phi) is 6.38. The molecule has 3 nitrogen and oxygen atoms in total. The molecule has 0 saturated heterocycles. The lowest BCUT2D eigenvalue weighted by atomic mass is 10.3. The van der Waals surface area contributed by atoms with E-state index in [1.807, 2.05) is 0 Å². The summed E-state index contributed by atoms with van der Waals surface area (Å²) in [6.07, 6.45) is 1.75. The van der Waals surface area contributed by atoms with Gasteiger partial charge in [0.2, 0.25) is 0 Å². The largest absolute Gasteiger partial charge is 0.448 e. The van der Waals surface area contributed by atoms with E-state index in [1.165, 1.54) is 0 Å². The number of hydrogen-bond donors (Lipinski definition) is 0. The van der Waals surface area contributed by atoms with E-state index >= 15 is 0 Å². The number of carbonyl (C=O) groups is 1. The first-order chi connectivity index (χ1) is 4.77. The van der Waals surface area contributed by atoms with E-state index in [0.717, 1.165) is 19.3 Å². The van der Waals surface area contributed by atoms with Crippen LogP contribution >= 0.6 is 11.6 Å². The first-order valence-corrected chi connectivity index (χ1v) is 3.75. The Morgan fingerprint density at radius 1 is 1.40 bits per heavy atom. The van der Waals surface area contributed by atoms with Crippen LogP contribution in [0, 0.1) is 0 Å². The lowest BCUT2D eigenvalue weighted by molar-refractivity contribution is 0.153. The molecule has 1 amide bonds. The summed E-state index contributed by atoms with van der Waals surface area (Å²) in [7, 11) is 0. The van der Waals surface area contributed by atoms with Gasteiger partial charge in [-0.05, 0) is 19.3 Å². The Bertz CT molecular complexity index is 97.7. The molecule has 0 heterocycles. The van der Waals surface area contributed by atoms with Gasteiger partial charge >= 0.3 is 6.09 Å². The van der Waals surface area contributed by atoms with Crippen molar-refractivity contribution in [1.82, 2.24) is 5.73 Å². The summed E-state index contributed by atoms with van der Waals surface area (Å²) in [5.41, 5.74) is 6.37. The van der Waals surface area contributed by atoms with Crippen LogP contribution in [-0.4, -0.2) is 18.6 Å². The van der Waals surface area contributed by atoms with Gasteiger partial charge in [-0.25, -0.2) is 10.5 Å². The molecule has 0 aliphatic heterocycles. The van der Waals surface area contributed by atoms with Gasteiger partial charge in [0.25, 0.3) is 0 Å². The average molecular weight is 165 g/mol. The third kappa shape index (κ3) is 7.56. The first-order valence-electron chi connectivity index (χ1n) is 3.21. The molecule has 1 radical (unpaired) electrons. The van der Waals surface area contributed by atoms with E-state index in [1.54, 1.807) is 0 Å². The maximum absolute atomic E-state index is 9.89. The fourth-order valence-electron chi connectivity index (χ4n) is 0.538. The van der Waals surface area contributed by atoms with Gasteiger partial charge in [-0.1, -0.05) is 0 Å². The highest BCUT2D eigenvalue weighted by atomic mass is 35.5. The molecule has 0 rings (SSSR count). The monoisotopic (exact) mass is 164 g/mol. The Labute approximate surface area is 65.5 Å². The topological polar surface area (TPSA) is 50.1 Å². The van der Waals surface area contributed by atoms with E-state index in [0.29, 0.717) is 12.5 Å². The van der Waals surface area contributed by atoms with Gasteiger partial charge in [-0.3, -0.25) is 0 Å². The molecule has 0 atom stereocenters. The number of unbranched alkanes of at least 4 members (excludes halogenated alkanes) is 2. The van der Waals surface area contributed by atoms with Crippen molar-refractivity contribution in [3.05, 3.63) is 0 Å². The van der Waals surface area contributed by atoms with Crippen LogP contribution in [0.15, 0.2) is 0 Å². The SMILES string of the molecule is [NH]C(=O)OCCCCCCl. The normalized spacial score (nSPS) is 9.30. The van der Waals surface area contributed by atoms with Crippen molar-refractivity contribution >= 4 is 17.7 Å². The minimum absolute atomic E-state index is 0.346. The van der Waals surface area contributed by atoms with E-state index in [4.69, 9.17) is 17.3 Å². The second kappa shape index (κ2) is 6.68. The first kappa shape index (κ1) is 9.56. The summed E-state index contributed by atoms with van der Waals surface area (Å²) in [5.74, 6) is 0.648. The fourth-order valence-corrected chi connectivity index (χ4v) is 0.727. The third-order valence-corrected chi connectivity index (χ3v) is 1.28. The van der Waals surface area contributed by atoms with Gasteiger partial charge in [0.05, 0.1) is 6.61 Å². The zero-order valence-corrected chi connectivity index (χ0v) is 6.49. The maximum Gasteiger partial charge on any atom is 0.426 e. The Morgan fingerprint density at radius 2 is 2.10 bits per heavy atom. The predicted octanol–water partition coefficient (Wildman–Crippen LogP) is 1.81. The average Bonchev–Trinajstić information content (AvgIpc) is 1.87. The zero-order valence-electron chi connectivity index (χ0n) is 5.73. The molecule has 1 N–H and O–H groups in total. The molecular weight excluding hydrogens is 154 g/mol. The summed E-state index contributed by atoms with van der Waals surface area (Å²) in [4.78, 5) is 9.89. The highest BCUT2D eigenvalue weighted by molar-refractivity contribution is 6.17. The van der Waals surface area contributed by atoms with Gasteiger partial charge in [0.1, 0.15) is 0 Å². The minimum atomic E-state index is -0.953. The van der Waals surface area contributed by atoms with Crippen molar-refractivity contribution in [2.75, 3.05) is 12.5 Å². The third-order valence-electron chi connectivity index (χ3n) is 1.01. The Hall–Kier alpha value is -0.440. The number of ether oxygens (including phenoxy) is 1. The van der Waals surface area contributed by atoms with Gasteiger partial charge in [-0.2, -0.15) is 0 Å². The van der Waals surface area contributed by atoms with Crippen LogP contribution in [0.25, 0.3) is 0 Å². The Balaban J connectivity index is 2.84. The van der Waals surface area contributed by atoms with Crippen molar-refractivity contribution in [2.24, 2.45) is 0 Å². The summed E-state index contributed by atoms with van der Waals surface area (Å²) in [6, 6.07) is 0. The van der Waals surface area contributed by atoms with E-state index < -0.39 is 6.09 Å². The molecule has 0 bridgehead atoms. The molecule has 0 unspecified atom stereocenters. The molecule has 0 aromatic carbocycles. The molecule has 0 spiro atoms. The molecule has 0 aromatic rings. The van der Waals surface area contributed by atoms with Gasteiger partial charge in [0.15, 0.2) is 0 Å². The van der Waals surface area contributed by atoms with Gasteiger partial charge in [0, 0.05) is 5.88 Å². The highest BCUT2D eigenvalue weighted by Crippen LogP contribution is 1.96. The number of rotatable bonds is 5. The quantitative estimate of drug-likeness (QED) is 0.460. The van der Waals surface area contributed by atoms with E-state index in [-0.39, 0.29) is 0 Å². The lowest BCUT2D eigenvalue weighted by Crippen LogP contribution is -2.03. The second-order valence-corrected chi connectivity index (χ2v) is 2.26. The van der Waals surface area contributed by atoms with Crippen LogP contribution in [-0.2, 0) is 4.74 Å². The highest BCUT2D eigenvalue weighted by Gasteiger charge is 1.92. The smallest absolute Gasteiger partial charge is 0.426 e. The van der Waals surface area contributed by atoms with Crippen molar-refractivity contribution in [3.63, 3.8) is 0 Å². The number of hydrogen-bond acceptors (Lipinski definition) is 2. The van der Waals surface area contributed by atoms with Crippen LogP contribution < -0.4 is 5.73 Å². The van der Waals surface area contributed by atoms with Crippen molar-refractivity contribution in [2.45, 2.75) is 19.3 Å². The summed E-state index contributed by atoms with van der Waals surface area (Å²) in [6.45, 7) is 0.346. The van der Waals surface area contributed by atoms with Crippen LogP contribution in [0.3, 0.4) is 0 Å². The number of halogens is 1. The van der Waals surface area contributed by atoms with E-state index in [2.05, 4.69) is 4.74 Å². The minimum Gasteiger partial charge on any atom is -0.448 e. The standard InChI is InChI=1S/C6H11ClNO2/c7-4-2-1-3-5-10-6(8)9/h8H,1-5H2. The molecule has 0 aliphatic carbocycles. The summed E-state index contributed by atoms with van der Waals surface area (Å²) >= 11 is 5.40. The molecule has 0 aromatic heterocycles. The van der Waals surface area contributed by atoms with Gasteiger partial charge in [-0.15, -0.1) is 11.6 Å². The van der Waals surface area contributed by atoms with Crippen LogP contribution in [0.1, 0.15) is 19.3 Å². The van der Waals surface area contributed by atoms with Crippen molar-refractivity contribution < 1.29 is 9.53 Å². The lowest BCUT2D eigenvalue weighted by Gasteiger charge is -1.98. The molecule has 0 aliphatic rings. The second-order valence-electron chi connectivity index (χ2n) is 1.89. The molecule has 0 fully saturated rings. The molecule has 0 saturated carbocycles. The van der Waals surface area contributed by atoms with Gasteiger partial charge < -0.3 is 4.74 Å². The molecule has 4 heteroatoms. The Morgan fingerprint density at radius 3 is 2.60 bits per heavy atom. The number of carbonyl (C=O) groups excluding carboxylic acids is 1. The number of amides is 1. The number of nitrogens with one attached hydrogen (secondary N) is 1. The van der Waals surface area contributed by atoms with E-state index in [9.17, 15) is 4.79 Å². The molecular formula is C6H11ClNO2.